The highest BCUT2D eigenvalue weighted by Crippen LogP contribution is 2.32. The van der Waals surface area contributed by atoms with E-state index in [2.05, 4.69) is 17.0 Å². The predicted molar refractivity (Wildman–Crippen MR) is 174 cm³/mol. The third kappa shape index (κ3) is 7.15. The van der Waals surface area contributed by atoms with Crippen LogP contribution in [0, 0.1) is 0 Å². The van der Waals surface area contributed by atoms with Gasteiger partial charge in [0.05, 0.1) is 30.2 Å². The quantitative estimate of drug-likeness (QED) is 0.167. The van der Waals surface area contributed by atoms with Gasteiger partial charge >= 0.3 is 5.69 Å². The summed E-state index contributed by atoms with van der Waals surface area (Å²) in [5.41, 5.74) is 3.83. The van der Waals surface area contributed by atoms with E-state index in [0.29, 0.717) is 62.2 Å². The zero-order valence-corrected chi connectivity index (χ0v) is 25.6. The molecule has 0 unspecified atom stereocenters. The summed E-state index contributed by atoms with van der Waals surface area (Å²) in [4.78, 5) is 30.9. The van der Waals surface area contributed by atoms with E-state index in [1.165, 1.54) is 0 Å². The number of carbonyl (C=O) groups is 1. The summed E-state index contributed by atoms with van der Waals surface area (Å²) in [5, 5.41) is 3.32. The van der Waals surface area contributed by atoms with Crippen molar-refractivity contribution in [3.8, 4) is 22.7 Å². The lowest BCUT2D eigenvalue weighted by Gasteiger charge is -2.28. The van der Waals surface area contributed by atoms with E-state index >= 15 is 0 Å². The second kappa shape index (κ2) is 15.0. The third-order valence-electron chi connectivity index (χ3n) is 7.22. The summed E-state index contributed by atoms with van der Waals surface area (Å²) in [6, 6.07) is 25.1. The van der Waals surface area contributed by atoms with Crippen LogP contribution in [0.4, 0.5) is 5.69 Å². The summed E-state index contributed by atoms with van der Waals surface area (Å²) in [6.07, 6.45) is 1.02. The van der Waals surface area contributed by atoms with Crippen molar-refractivity contribution >= 4 is 23.5 Å². The molecule has 0 bridgehead atoms. The molecule has 1 fully saturated rings. The Morgan fingerprint density at radius 3 is 2.51 bits per heavy atom. The number of imidazole rings is 1. The van der Waals surface area contributed by atoms with Gasteiger partial charge in [-0.2, -0.15) is 0 Å². The maximum Gasteiger partial charge on any atom is 0.334 e. The van der Waals surface area contributed by atoms with Crippen LogP contribution in [0.15, 0.2) is 83.7 Å². The molecule has 43 heavy (non-hydrogen) atoms. The summed E-state index contributed by atoms with van der Waals surface area (Å²) in [6.45, 7) is 5.79. The first-order chi connectivity index (χ1) is 21.1. The summed E-state index contributed by atoms with van der Waals surface area (Å²) >= 11 is 1.60. The topological polar surface area (TPSA) is 89.8 Å². The minimum absolute atomic E-state index is 0.158. The second-order valence-electron chi connectivity index (χ2n) is 10.3. The molecule has 9 nitrogen and oxygen atoms in total. The highest BCUT2D eigenvalue weighted by Gasteiger charge is 2.31. The second-order valence-corrected chi connectivity index (χ2v) is 11.2. The SMILES string of the molecule is CCCSNc1ccccc1-n1c(-c2ccccc2)c(C(=O)N2CCNCC2)n(Cc2cccc(OCCOC)c2)c1=O. The van der Waals surface area contributed by atoms with Crippen molar-refractivity contribution in [3.05, 3.63) is 101 Å². The standard InChI is InChI=1S/C33H39N5O4S/c1-3-22-43-35-28-14-7-8-15-29(28)38-30(26-11-5-4-6-12-26)31(32(39)36-18-16-34-17-19-36)37(33(38)40)24-25-10-9-13-27(23-25)42-21-20-41-2/h4-15,23,34-35H,3,16-22,24H2,1-2H3. The number of ether oxygens (including phenoxy) is 2. The van der Waals surface area contributed by atoms with Gasteiger partial charge in [0.2, 0.25) is 0 Å². The molecular formula is C33H39N5O4S. The Kier molecular flexibility index (Phi) is 10.6. The molecular weight excluding hydrogens is 562 g/mol. The molecule has 1 amide bonds. The van der Waals surface area contributed by atoms with Crippen molar-refractivity contribution in [2.75, 3.05) is 57.0 Å². The number of para-hydroxylation sites is 2. The molecule has 1 aliphatic heterocycles. The van der Waals surface area contributed by atoms with Gasteiger partial charge in [-0.15, -0.1) is 0 Å². The molecule has 1 aromatic heterocycles. The van der Waals surface area contributed by atoms with Gasteiger partial charge in [0.15, 0.2) is 0 Å². The van der Waals surface area contributed by atoms with Crippen molar-refractivity contribution < 1.29 is 14.3 Å². The van der Waals surface area contributed by atoms with Gasteiger partial charge < -0.3 is 24.4 Å². The molecule has 0 atom stereocenters. The van der Waals surface area contributed by atoms with Crippen molar-refractivity contribution in [1.29, 1.82) is 0 Å². The summed E-state index contributed by atoms with van der Waals surface area (Å²) < 4.78 is 17.7. The van der Waals surface area contributed by atoms with Crippen LogP contribution in [-0.2, 0) is 11.3 Å². The minimum Gasteiger partial charge on any atom is -0.491 e. The van der Waals surface area contributed by atoms with Crippen LogP contribution in [0.1, 0.15) is 29.4 Å². The first kappa shape index (κ1) is 30.5. The van der Waals surface area contributed by atoms with Crippen LogP contribution in [0.25, 0.3) is 16.9 Å². The number of rotatable bonds is 13. The number of anilines is 1. The van der Waals surface area contributed by atoms with Gasteiger partial charge in [0, 0.05) is 44.6 Å². The van der Waals surface area contributed by atoms with Crippen LogP contribution in [0.3, 0.4) is 0 Å². The zero-order chi connectivity index (χ0) is 30.0. The molecule has 2 N–H and O–H groups in total. The number of aromatic nitrogens is 2. The Hall–Kier alpha value is -3.99. The lowest BCUT2D eigenvalue weighted by Crippen LogP contribution is -2.47. The first-order valence-electron chi connectivity index (χ1n) is 14.7. The fourth-order valence-corrected chi connectivity index (χ4v) is 5.79. The highest BCUT2D eigenvalue weighted by molar-refractivity contribution is 8.00. The monoisotopic (exact) mass is 601 g/mol. The smallest absolute Gasteiger partial charge is 0.334 e. The number of piperazine rings is 1. The van der Waals surface area contributed by atoms with Crippen LogP contribution in [-0.4, -0.2) is 72.2 Å². The molecule has 0 radical (unpaired) electrons. The molecule has 10 heteroatoms. The normalized spacial score (nSPS) is 13.2. The van der Waals surface area contributed by atoms with E-state index in [0.717, 1.165) is 29.0 Å². The number of hydrogen-bond acceptors (Lipinski definition) is 7. The molecule has 1 aliphatic rings. The van der Waals surface area contributed by atoms with Crippen LogP contribution in [0.2, 0.25) is 0 Å². The Morgan fingerprint density at radius 1 is 0.977 bits per heavy atom. The van der Waals surface area contributed by atoms with Crippen molar-refractivity contribution in [2.24, 2.45) is 0 Å². The number of methoxy groups -OCH3 is 1. The Bertz CT molecular complexity index is 1560. The average Bonchev–Trinajstić information content (AvgIpc) is 3.33. The number of benzene rings is 3. The lowest BCUT2D eigenvalue weighted by molar-refractivity contribution is 0.0726. The minimum atomic E-state index is -0.280. The van der Waals surface area contributed by atoms with E-state index in [-0.39, 0.29) is 18.1 Å². The maximum atomic E-state index is 14.6. The van der Waals surface area contributed by atoms with Gasteiger partial charge in [0.25, 0.3) is 5.91 Å². The van der Waals surface area contributed by atoms with E-state index in [4.69, 9.17) is 9.47 Å². The Morgan fingerprint density at radius 2 is 1.74 bits per heavy atom. The van der Waals surface area contributed by atoms with Gasteiger partial charge in [-0.3, -0.25) is 13.9 Å². The predicted octanol–water partition coefficient (Wildman–Crippen LogP) is 4.90. The van der Waals surface area contributed by atoms with Gasteiger partial charge in [-0.1, -0.05) is 73.5 Å². The fourth-order valence-electron chi connectivity index (χ4n) is 5.16. The van der Waals surface area contributed by atoms with Crippen LogP contribution < -0.4 is 20.5 Å². The van der Waals surface area contributed by atoms with Crippen LogP contribution >= 0.6 is 11.9 Å². The zero-order valence-electron chi connectivity index (χ0n) is 24.8. The molecule has 0 aliphatic carbocycles. The number of carbonyl (C=O) groups excluding carboxylic acids is 1. The van der Waals surface area contributed by atoms with E-state index in [1.807, 2.05) is 83.8 Å². The maximum absolute atomic E-state index is 14.6. The first-order valence-corrected chi connectivity index (χ1v) is 15.7. The third-order valence-corrected chi connectivity index (χ3v) is 8.20. The number of nitrogens with zero attached hydrogens (tertiary/aromatic N) is 3. The molecule has 2 heterocycles. The molecule has 3 aromatic carbocycles. The highest BCUT2D eigenvalue weighted by atomic mass is 32.2. The summed E-state index contributed by atoms with van der Waals surface area (Å²) in [5.74, 6) is 1.45. The molecule has 5 rings (SSSR count). The fraction of sp³-hybridized carbons (Fsp3) is 0.333. The number of nitrogens with one attached hydrogen (secondary N) is 2. The van der Waals surface area contributed by atoms with Gasteiger partial charge in [-0.05, 0) is 36.2 Å². The van der Waals surface area contributed by atoms with Crippen molar-refractivity contribution in [3.63, 3.8) is 0 Å². The van der Waals surface area contributed by atoms with E-state index in [9.17, 15) is 9.59 Å². The summed E-state index contributed by atoms with van der Waals surface area (Å²) in [7, 11) is 1.63. The molecule has 4 aromatic rings. The molecule has 0 spiro atoms. The number of amides is 1. The van der Waals surface area contributed by atoms with Gasteiger partial charge in [-0.25, -0.2) is 4.79 Å². The van der Waals surface area contributed by atoms with E-state index in [1.54, 1.807) is 28.2 Å². The van der Waals surface area contributed by atoms with Crippen LogP contribution in [0.5, 0.6) is 5.75 Å². The Labute approximate surface area is 256 Å². The molecule has 226 valence electrons. The average molecular weight is 602 g/mol. The van der Waals surface area contributed by atoms with Crippen molar-refractivity contribution in [2.45, 2.75) is 19.9 Å². The Balaban J connectivity index is 1.70. The number of hydrogen-bond donors (Lipinski definition) is 2. The van der Waals surface area contributed by atoms with Gasteiger partial charge in [0.1, 0.15) is 18.1 Å². The largest absolute Gasteiger partial charge is 0.491 e. The molecule has 1 saturated heterocycles. The lowest BCUT2D eigenvalue weighted by atomic mass is 10.1. The molecule has 0 saturated carbocycles. The van der Waals surface area contributed by atoms with E-state index < -0.39 is 0 Å². The van der Waals surface area contributed by atoms with Crippen molar-refractivity contribution in [1.82, 2.24) is 19.4 Å².